The van der Waals surface area contributed by atoms with E-state index in [1.54, 1.807) is 16.2 Å². The number of aryl methyl sites for hydroxylation is 1. The summed E-state index contributed by atoms with van der Waals surface area (Å²) in [5.74, 6) is -0.0343. The highest BCUT2D eigenvalue weighted by Gasteiger charge is 2.23. The highest BCUT2D eigenvalue weighted by Crippen LogP contribution is 2.17. The van der Waals surface area contributed by atoms with Gasteiger partial charge in [0.05, 0.1) is 6.54 Å². The molecule has 1 atom stereocenters. The zero-order chi connectivity index (χ0) is 15.2. The van der Waals surface area contributed by atoms with Crippen LogP contribution in [0.25, 0.3) is 0 Å². The second-order valence-corrected chi connectivity index (χ2v) is 6.62. The van der Waals surface area contributed by atoms with Crippen molar-refractivity contribution in [2.24, 2.45) is 0 Å². The van der Waals surface area contributed by atoms with Crippen LogP contribution in [0.15, 0.2) is 12.1 Å². The van der Waals surface area contributed by atoms with E-state index in [9.17, 15) is 9.59 Å². The predicted molar refractivity (Wildman–Crippen MR) is 84.3 cm³/mol. The van der Waals surface area contributed by atoms with Crippen molar-refractivity contribution in [3.8, 4) is 0 Å². The summed E-state index contributed by atoms with van der Waals surface area (Å²) < 4.78 is 0. The van der Waals surface area contributed by atoms with Crippen LogP contribution in [-0.2, 0) is 17.8 Å². The van der Waals surface area contributed by atoms with Gasteiger partial charge in [0, 0.05) is 35.8 Å². The summed E-state index contributed by atoms with van der Waals surface area (Å²) in [5, 5.41) is 5.86. The van der Waals surface area contributed by atoms with Crippen LogP contribution >= 0.6 is 11.3 Å². The van der Waals surface area contributed by atoms with E-state index < -0.39 is 0 Å². The molecule has 0 bridgehead atoms. The highest BCUT2D eigenvalue weighted by atomic mass is 32.1. The standard InChI is InChI=1S/C15H23N3O2S/c1-3-13-6-7-14(21-13)9-16-15(20)18-8-4-5-12(10-18)17-11(2)19/h6-7,12H,3-5,8-10H2,1-2H3,(H,16,20)(H,17,19). The van der Waals surface area contributed by atoms with Crippen LogP contribution < -0.4 is 10.6 Å². The van der Waals surface area contributed by atoms with Crippen molar-refractivity contribution in [3.05, 3.63) is 21.9 Å². The van der Waals surface area contributed by atoms with Gasteiger partial charge in [-0.25, -0.2) is 4.79 Å². The molecule has 1 aliphatic heterocycles. The lowest BCUT2D eigenvalue weighted by molar-refractivity contribution is -0.119. The second kappa shape index (κ2) is 7.45. The minimum absolute atomic E-state index is 0.0343. The van der Waals surface area contributed by atoms with E-state index >= 15 is 0 Å². The first-order valence-corrected chi connectivity index (χ1v) is 8.27. The molecule has 1 fully saturated rings. The third-order valence-electron chi connectivity index (χ3n) is 3.60. The maximum Gasteiger partial charge on any atom is 0.317 e. The van der Waals surface area contributed by atoms with Gasteiger partial charge in [0.1, 0.15) is 0 Å². The first kappa shape index (κ1) is 15.8. The lowest BCUT2D eigenvalue weighted by Crippen LogP contribution is -2.51. The van der Waals surface area contributed by atoms with E-state index in [1.165, 1.54) is 16.7 Å². The Balaban J connectivity index is 1.80. The summed E-state index contributed by atoms with van der Waals surface area (Å²) in [6.45, 7) is 5.57. The SMILES string of the molecule is CCc1ccc(CNC(=O)N2CCCC(NC(C)=O)C2)s1. The molecule has 1 aliphatic rings. The number of nitrogens with one attached hydrogen (secondary N) is 2. The minimum Gasteiger partial charge on any atom is -0.352 e. The zero-order valence-corrected chi connectivity index (χ0v) is 13.5. The maximum atomic E-state index is 12.2. The summed E-state index contributed by atoms with van der Waals surface area (Å²) in [6.07, 6.45) is 2.90. The molecule has 3 amide bonds. The third kappa shape index (κ3) is 4.74. The number of piperidine rings is 1. The van der Waals surface area contributed by atoms with Gasteiger partial charge in [0.25, 0.3) is 0 Å². The fourth-order valence-electron chi connectivity index (χ4n) is 2.55. The van der Waals surface area contributed by atoms with Crippen LogP contribution in [0.4, 0.5) is 4.79 Å². The molecule has 1 saturated heterocycles. The molecule has 2 N–H and O–H groups in total. The number of rotatable bonds is 4. The van der Waals surface area contributed by atoms with Gasteiger partial charge in [-0.05, 0) is 31.4 Å². The molecule has 0 aromatic carbocycles. The summed E-state index contributed by atoms with van der Waals surface area (Å²) in [7, 11) is 0. The van der Waals surface area contributed by atoms with Crippen molar-refractivity contribution in [3.63, 3.8) is 0 Å². The number of amides is 3. The molecule has 5 nitrogen and oxygen atoms in total. The quantitative estimate of drug-likeness (QED) is 0.895. The van der Waals surface area contributed by atoms with Gasteiger partial charge >= 0.3 is 6.03 Å². The number of carbonyl (C=O) groups excluding carboxylic acids is 2. The van der Waals surface area contributed by atoms with Gasteiger partial charge in [0.2, 0.25) is 5.91 Å². The minimum atomic E-state index is -0.0449. The molecule has 1 aromatic heterocycles. The number of hydrogen-bond acceptors (Lipinski definition) is 3. The summed E-state index contributed by atoms with van der Waals surface area (Å²) >= 11 is 1.74. The number of urea groups is 1. The summed E-state index contributed by atoms with van der Waals surface area (Å²) in [6, 6.07) is 4.21. The van der Waals surface area contributed by atoms with E-state index in [1.807, 2.05) is 0 Å². The van der Waals surface area contributed by atoms with E-state index in [0.717, 1.165) is 25.8 Å². The molecular formula is C15H23N3O2S. The lowest BCUT2D eigenvalue weighted by Gasteiger charge is -2.32. The van der Waals surface area contributed by atoms with Crippen LogP contribution in [0, 0.1) is 0 Å². The van der Waals surface area contributed by atoms with Gasteiger partial charge < -0.3 is 15.5 Å². The van der Waals surface area contributed by atoms with Gasteiger partial charge in [0.15, 0.2) is 0 Å². The van der Waals surface area contributed by atoms with Crippen molar-refractivity contribution >= 4 is 23.3 Å². The maximum absolute atomic E-state index is 12.2. The summed E-state index contributed by atoms with van der Waals surface area (Å²) in [5.41, 5.74) is 0. The molecule has 1 unspecified atom stereocenters. The van der Waals surface area contributed by atoms with Crippen LogP contribution in [0.3, 0.4) is 0 Å². The van der Waals surface area contributed by atoms with Crippen molar-refractivity contribution in [2.75, 3.05) is 13.1 Å². The van der Waals surface area contributed by atoms with E-state index in [2.05, 4.69) is 29.7 Å². The number of likely N-dealkylation sites (tertiary alicyclic amines) is 1. The van der Waals surface area contributed by atoms with Crippen LogP contribution in [0.2, 0.25) is 0 Å². The first-order valence-electron chi connectivity index (χ1n) is 7.46. The summed E-state index contributed by atoms with van der Waals surface area (Å²) in [4.78, 5) is 27.6. The highest BCUT2D eigenvalue weighted by molar-refractivity contribution is 7.11. The molecule has 21 heavy (non-hydrogen) atoms. The van der Waals surface area contributed by atoms with Crippen molar-refractivity contribution in [1.82, 2.24) is 15.5 Å². The molecule has 0 aliphatic carbocycles. The Bertz CT molecular complexity index is 501. The number of thiophene rings is 1. The predicted octanol–water partition coefficient (Wildman–Crippen LogP) is 2.12. The monoisotopic (exact) mass is 309 g/mol. The van der Waals surface area contributed by atoms with E-state index in [0.29, 0.717) is 13.1 Å². The molecule has 1 aromatic rings. The van der Waals surface area contributed by atoms with Crippen LogP contribution in [0.5, 0.6) is 0 Å². The molecule has 2 rings (SSSR count). The Hall–Kier alpha value is -1.56. The van der Waals surface area contributed by atoms with Gasteiger partial charge in [-0.15, -0.1) is 11.3 Å². The smallest absolute Gasteiger partial charge is 0.317 e. The lowest BCUT2D eigenvalue weighted by atomic mass is 10.1. The van der Waals surface area contributed by atoms with Gasteiger partial charge in [-0.3, -0.25) is 4.79 Å². The Morgan fingerprint density at radius 2 is 2.14 bits per heavy atom. The van der Waals surface area contributed by atoms with Crippen molar-refractivity contribution < 1.29 is 9.59 Å². The normalized spacial score (nSPS) is 18.4. The number of carbonyl (C=O) groups is 2. The molecule has 0 spiro atoms. The molecule has 116 valence electrons. The Morgan fingerprint density at radius 1 is 1.38 bits per heavy atom. The molecule has 6 heteroatoms. The van der Waals surface area contributed by atoms with Crippen LogP contribution in [0.1, 0.15) is 36.4 Å². The average molecular weight is 309 g/mol. The Kier molecular flexibility index (Phi) is 5.61. The number of hydrogen-bond donors (Lipinski definition) is 2. The largest absolute Gasteiger partial charge is 0.352 e. The second-order valence-electron chi connectivity index (χ2n) is 5.37. The fraction of sp³-hybridized carbons (Fsp3) is 0.600. The molecular weight excluding hydrogens is 286 g/mol. The topological polar surface area (TPSA) is 61.4 Å². The third-order valence-corrected chi connectivity index (χ3v) is 4.83. The molecule has 0 radical (unpaired) electrons. The van der Waals surface area contributed by atoms with E-state index in [-0.39, 0.29) is 18.0 Å². The van der Waals surface area contributed by atoms with Crippen molar-refractivity contribution in [2.45, 2.75) is 45.7 Å². The molecule has 0 saturated carbocycles. The van der Waals surface area contributed by atoms with Crippen LogP contribution in [-0.4, -0.2) is 36.0 Å². The van der Waals surface area contributed by atoms with Crippen molar-refractivity contribution in [1.29, 1.82) is 0 Å². The number of nitrogens with zero attached hydrogens (tertiary/aromatic N) is 1. The first-order chi connectivity index (χ1) is 10.1. The van der Waals surface area contributed by atoms with Gasteiger partial charge in [-0.2, -0.15) is 0 Å². The Labute approximate surface area is 129 Å². The zero-order valence-electron chi connectivity index (χ0n) is 12.6. The average Bonchev–Trinajstić information content (AvgIpc) is 2.92. The Morgan fingerprint density at radius 3 is 2.81 bits per heavy atom. The van der Waals surface area contributed by atoms with E-state index in [4.69, 9.17) is 0 Å². The molecule has 2 heterocycles. The fourth-order valence-corrected chi connectivity index (χ4v) is 3.45. The van der Waals surface area contributed by atoms with Gasteiger partial charge in [-0.1, -0.05) is 6.92 Å².